The van der Waals surface area contributed by atoms with E-state index in [0.29, 0.717) is 25.7 Å². The first-order valence-corrected chi connectivity index (χ1v) is 14.2. The Labute approximate surface area is 235 Å². The zero-order chi connectivity index (χ0) is 29.2. The summed E-state index contributed by atoms with van der Waals surface area (Å²) in [5.74, 6) is -6.41. The van der Waals surface area contributed by atoms with Crippen LogP contribution in [0, 0.1) is 17.3 Å². The van der Waals surface area contributed by atoms with Crippen molar-refractivity contribution in [3.63, 3.8) is 0 Å². The van der Waals surface area contributed by atoms with Crippen molar-refractivity contribution in [2.24, 2.45) is 17.3 Å². The van der Waals surface area contributed by atoms with Crippen LogP contribution in [-0.4, -0.2) is 33.6 Å². The fourth-order valence-corrected chi connectivity index (χ4v) is 8.26. The number of allylic oxidation sites excluding steroid dienone is 4. The number of aromatic nitrogens is 1. The zero-order valence-corrected chi connectivity index (χ0v) is 22.7. The Bertz CT molecular complexity index is 1460. The molecule has 4 aliphatic rings. The summed E-state index contributed by atoms with van der Waals surface area (Å²) >= 11 is 0. The largest absolute Gasteiger partial charge is 0.456 e. The molecule has 216 valence electrons. The van der Waals surface area contributed by atoms with Gasteiger partial charge in [0.05, 0.1) is 0 Å². The number of carbonyl (C=O) groups is 1. The highest BCUT2D eigenvalue weighted by Crippen LogP contribution is 2.70. The SMILES string of the molecule is C[C@]12C[C@H](c3cccc(/C=C/c4ccncc4)c3)C3=C4CCC(=O)C=C4CC[C@H]3C1CCC2(O)C(F)(F)C(F)(F)F. The van der Waals surface area contributed by atoms with Crippen molar-refractivity contribution in [3.05, 3.63) is 88.3 Å². The van der Waals surface area contributed by atoms with E-state index in [1.165, 1.54) is 6.92 Å². The van der Waals surface area contributed by atoms with Gasteiger partial charge in [0.15, 0.2) is 5.78 Å². The topological polar surface area (TPSA) is 50.2 Å². The number of benzene rings is 1. The molecular formula is C33H32F5NO2. The predicted octanol–water partition coefficient (Wildman–Crippen LogP) is 8.08. The number of halogens is 5. The number of hydrogen-bond acceptors (Lipinski definition) is 3. The number of ketones is 1. The van der Waals surface area contributed by atoms with Gasteiger partial charge in [0.1, 0.15) is 5.60 Å². The molecule has 1 aromatic carbocycles. The van der Waals surface area contributed by atoms with Crippen LogP contribution < -0.4 is 0 Å². The maximum atomic E-state index is 15.2. The number of hydrogen-bond donors (Lipinski definition) is 1. The van der Waals surface area contributed by atoms with Crippen LogP contribution >= 0.6 is 0 Å². The van der Waals surface area contributed by atoms with E-state index < -0.39 is 41.4 Å². The maximum absolute atomic E-state index is 15.2. The Morgan fingerprint density at radius 2 is 1.71 bits per heavy atom. The van der Waals surface area contributed by atoms with Crippen molar-refractivity contribution >= 4 is 17.9 Å². The lowest BCUT2D eigenvalue weighted by atomic mass is 9.50. The van der Waals surface area contributed by atoms with Crippen molar-refractivity contribution in [3.8, 4) is 0 Å². The highest BCUT2D eigenvalue weighted by Gasteiger charge is 2.79. The molecule has 5 atom stereocenters. The van der Waals surface area contributed by atoms with Crippen LogP contribution in [-0.2, 0) is 4.79 Å². The molecule has 1 aromatic heterocycles. The number of rotatable bonds is 4. The summed E-state index contributed by atoms with van der Waals surface area (Å²) in [6, 6.07) is 11.4. The normalized spacial score (nSPS) is 32.0. The second-order valence-corrected chi connectivity index (χ2v) is 12.3. The smallest absolute Gasteiger partial charge is 0.383 e. The second kappa shape index (κ2) is 9.72. The summed E-state index contributed by atoms with van der Waals surface area (Å²) < 4.78 is 71.7. The quantitative estimate of drug-likeness (QED) is 0.379. The van der Waals surface area contributed by atoms with E-state index >= 15 is 8.78 Å². The molecule has 3 nitrogen and oxygen atoms in total. The first-order chi connectivity index (χ1) is 19.4. The molecule has 0 aliphatic heterocycles. The molecule has 0 radical (unpaired) electrons. The summed E-state index contributed by atoms with van der Waals surface area (Å²) in [4.78, 5) is 16.3. The summed E-state index contributed by atoms with van der Waals surface area (Å²) in [6.45, 7) is 1.45. The maximum Gasteiger partial charge on any atom is 0.456 e. The van der Waals surface area contributed by atoms with Crippen LogP contribution in [0.3, 0.4) is 0 Å². The van der Waals surface area contributed by atoms with E-state index in [-0.39, 0.29) is 24.5 Å². The van der Waals surface area contributed by atoms with Crippen LogP contribution in [0.4, 0.5) is 22.0 Å². The van der Waals surface area contributed by atoms with Gasteiger partial charge in [-0.15, -0.1) is 0 Å². The molecule has 1 N–H and O–H groups in total. The van der Waals surface area contributed by atoms with Crippen LogP contribution in [0.2, 0.25) is 0 Å². The Morgan fingerprint density at radius 1 is 0.976 bits per heavy atom. The molecule has 0 bridgehead atoms. The number of pyridine rings is 1. The number of nitrogens with zero attached hydrogens (tertiary/aromatic N) is 1. The lowest BCUT2D eigenvalue weighted by Gasteiger charge is -2.56. The molecule has 0 saturated heterocycles. The minimum absolute atomic E-state index is 0.0338. The van der Waals surface area contributed by atoms with Crippen molar-refractivity contribution < 1.29 is 31.9 Å². The summed E-state index contributed by atoms with van der Waals surface area (Å²) in [7, 11) is 0. The first kappa shape index (κ1) is 28.0. The average Bonchev–Trinajstić information content (AvgIpc) is 3.22. The van der Waals surface area contributed by atoms with Gasteiger partial charge in [-0.2, -0.15) is 22.0 Å². The Kier molecular flexibility index (Phi) is 6.64. The van der Waals surface area contributed by atoms with Gasteiger partial charge < -0.3 is 5.11 Å². The molecule has 2 fully saturated rings. The van der Waals surface area contributed by atoms with E-state index in [4.69, 9.17) is 0 Å². The van der Waals surface area contributed by atoms with Gasteiger partial charge >= 0.3 is 12.1 Å². The molecule has 1 heterocycles. The van der Waals surface area contributed by atoms with Gasteiger partial charge in [-0.3, -0.25) is 9.78 Å². The van der Waals surface area contributed by atoms with Crippen molar-refractivity contribution in [1.29, 1.82) is 0 Å². The summed E-state index contributed by atoms with van der Waals surface area (Å²) in [5.41, 5.74) is 0.829. The van der Waals surface area contributed by atoms with Gasteiger partial charge in [0, 0.05) is 30.1 Å². The van der Waals surface area contributed by atoms with Crippen LogP contribution in [0.5, 0.6) is 0 Å². The van der Waals surface area contributed by atoms with Crippen molar-refractivity contribution in [2.45, 2.75) is 75.5 Å². The molecule has 2 aromatic rings. The monoisotopic (exact) mass is 569 g/mol. The van der Waals surface area contributed by atoms with Crippen molar-refractivity contribution in [1.82, 2.24) is 4.98 Å². The van der Waals surface area contributed by atoms with E-state index in [9.17, 15) is 23.1 Å². The standard InChI is InChI=1S/C33H32F5NO2/c1-30-19-27(22-4-2-3-21(17-22)6-5-20-12-15-39-16-13-20)29-25-10-8-24(40)18-23(25)7-9-26(29)28(30)11-14-31(30,41)32(34,35)33(36,37)38/h2-6,12-13,15-18,26-28,41H,7-11,14,19H2,1H3/b6-5+/t26-,27+,28?,30-,31?/m0/s1. The lowest BCUT2D eigenvalue weighted by Crippen LogP contribution is -2.65. The second-order valence-electron chi connectivity index (χ2n) is 12.3. The highest BCUT2D eigenvalue weighted by atomic mass is 19.4. The molecule has 6 rings (SSSR count). The molecule has 0 spiro atoms. The van der Waals surface area contributed by atoms with Crippen molar-refractivity contribution in [2.75, 3.05) is 0 Å². The summed E-state index contributed by atoms with van der Waals surface area (Å²) in [6.07, 6.45) is 4.54. The van der Waals surface area contributed by atoms with Crippen LogP contribution in [0.15, 0.2) is 71.6 Å². The number of alkyl halides is 5. The molecular weight excluding hydrogens is 537 g/mol. The molecule has 0 amide bonds. The first-order valence-electron chi connectivity index (χ1n) is 14.2. The van der Waals surface area contributed by atoms with E-state index in [2.05, 4.69) is 4.98 Å². The van der Waals surface area contributed by atoms with Gasteiger partial charge in [-0.25, -0.2) is 0 Å². The number of aliphatic hydroxyl groups is 1. The Balaban J connectivity index is 1.48. The minimum atomic E-state index is -5.86. The number of carbonyl (C=O) groups excluding carboxylic acids is 1. The minimum Gasteiger partial charge on any atom is -0.383 e. The van der Waals surface area contributed by atoms with Gasteiger partial charge in [0.2, 0.25) is 0 Å². The number of fused-ring (bicyclic) bond motifs is 4. The molecule has 41 heavy (non-hydrogen) atoms. The van der Waals surface area contributed by atoms with E-state index in [0.717, 1.165) is 33.4 Å². The zero-order valence-electron chi connectivity index (χ0n) is 22.7. The lowest BCUT2D eigenvalue weighted by molar-refractivity contribution is -0.362. The van der Waals surface area contributed by atoms with E-state index in [1.807, 2.05) is 48.6 Å². The Hall–Kier alpha value is -3.13. The molecule has 2 unspecified atom stereocenters. The third kappa shape index (κ3) is 4.32. The van der Waals surface area contributed by atoms with Gasteiger partial charge in [-0.05, 0) is 96.4 Å². The third-order valence-corrected chi connectivity index (χ3v) is 10.2. The summed E-state index contributed by atoms with van der Waals surface area (Å²) in [5, 5.41) is 11.4. The fourth-order valence-electron chi connectivity index (χ4n) is 8.26. The third-order valence-electron chi connectivity index (χ3n) is 10.2. The highest BCUT2D eigenvalue weighted by molar-refractivity contribution is 5.93. The van der Waals surface area contributed by atoms with Crippen LogP contribution in [0.25, 0.3) is 12.2 Å². The Morgan fingerprint density at radius 3 is 2.44 bits per heavy atom. The molecule has 8 heteroatoms. The predicted molar refractivity (Wildman–Crippen MR) is 146 cm³/mol. The fraction of sp³-hybridized carbons (Fsp3) is 0.455. The van der Waals surface area contributed by atoms with E-state index in [1.54, 1.807) is 18.5 Å². The van der Waals surface area contributed by atoms with Crippen LogP contribution in [0.1, 0.15) is 74.5 Å². The molecule has 2 saturated carbocycles. The van der Waals surface area contributed by atoms with Gasteiger partial charge in [-0.1, -0.05) is 48.9 Å². The average molecular weight is 570 g/mol. The molecule has 4 aliphatic carbocycles. The van der Waals surface area contributed by atoms with Gasteiger partial charge in [0.25, 0.3) is 0 Å².